The molecule has 1 atom stereocenters. The van der Waals surface area contributed by atoms with Gasteiger partial charge in [0.05, 0.1) is 0 Å². The summed E-state index contributed by atoms with van der Waals surface area (Å²) in [5, 5.41) is 18.7. The minimum Gasteiger partial charge on any atom is -0.461 e. The van der Waals surface area contributed by atoms with E-state index in [1.165, 1.54) is 43.2 Å². The summed E-state index contributed by atoms with van der Waals surface area (Å²) in [6, 6.07) is 16.5. The van der Waals surface area contributed by atoms with E-state index in [-0.39, 0.29) is 24.0 Å². The van der Waals surface area contributed by atoms with Crippen LogP contribution in [0.25, 0.3) is 6.08 Å². The Morgan fingerprint density at radius 3 is 2.25 bits per heavy atom. The molecule has 2 aromatic rings. The van der Waals surface area contributed by atoms with Gasteiger partial charge in [0.15, 0.2) is 5.84 Å². The number of nitrogens with zero attached hydrogens (tertiary/aromatic N) is 1. The van der Waals surface area contributed by atoms with Crippen LogP contribution < -0.4 is 16.4 Å². The highest BCUT2D eigenvalue weighted by molar-refractivity contribution is 5.94. The molecule has 1 unspecified atom stereocenters. The van der Waals surface area contributed by atoms with E-state index in [0.717, 1.165) is 49.9 Å². The number of ether oxygens (including phenoxy) is 1. The molecule has 2 aromatic carbocycles. The maximum Gasteiger partial charge on any atom is 0.323 e. The van der Waals surface area contributed by atoms with Crippen LogP contribution in [0.4, 0.5) is 0 Å². The average molecular weight is 549 g/mol. The Morgan fingerprint density at radius 1 is 0.950 bits per heavy atom. The van der Waals surface area contributed by atoms with Crippen molar-refractivity contribution < 1.29 is 14.7 Å². The lowest BCUT2D eigenvalue weighted by atomic mass is 9.83. The Kier molecular flexibility index (Phi) is 13.7. The van der Waals surface area contributed by atoms with Crippen molar-refractivity contribution >= 4 is 17.9 Å². The summed E-state index contributed by atoms with van der Waals surface area (Å²) in [6.07, 6.45) is 13.7. The second-order valence-corrected chi connectivity index (χ2v) is 10.6. The summed E-state index contributed by atoms with van der Waals surface area (Å²) in [5.41, 5.74) is 10.0. The van der Waals surface area contributed by atoms with Gasteiger partial charge in [0, 0.05) is 19.6 Å². The zero-order chi connectivity index (χ0) is 28.6. The summed E-state index contributed by atoms with van der Waals surface area (Å²) in [5.74, 6) is 0.394. The van der Waals surface area contributed by atoms with Crippen LogP contribution >= 0.6 is 0 Å². The van der Waals surface area contributed by atoms with Crippen LogP contribution in [-0.4, -0.2) is 29.2 Å². The zero-order valence-corrected chi connectivity index (χ0v) is 24.3. The summed E-state index contributed by atoms with van der Waals surface area (Å²) in [6.45, 7) is 6.16. The van der Waals surface area contributed by atoms with Crippen LogP contribution in [0.2, 0.25) is 0 Å². The number of oxime groups is 1. The van der Waals surface area contributed by atoms with Crippen LogP contribution in [0.15, 0.2) is 59.8 Å². The van der Waals surface area contributed by atoms with Crippen molar-refractivity contribution in [3.8, 4) is 0 Å². The molecule has 0 heterocycles. The van der Waals surface area contributed by atoms with Crippen molar-refractivity contribution in [2.45, 2.75) is 103 Å². The Balaban J connectivity index is 0.00000216. The molecule has 0 radical (unpaired) electrons. The number of hydrogen-bond acceptors (Lipinski definition) is 6. The molecule has 0 spiro atoms. The minimum absolute atomic E-state index is 0.0471. The van der Waals surface area contributed by atoms with Gasteiger partial charge in [-0.05, 0) is 72.8 Å². The first-order valence-electron chi connectivity index (χ1n) is 15.1. The summed E-state index contributed by atoms with van der Waals surface area (Å²) < 4.78 is 5.92. The number of esters is 1. The maximum atomic E-state index is 13.1. The standard InChI is InChI=1S/C31H42N4O3.C2H6/c32-29(35-37)18-17-23-7-6-8-26(19-23)21-33-20-24-13-15-25(16-14-24)22-34-30(27-9-2-1-3-10-27)31(36)38-28-11-4-5-12-28;1-2/h6-8,13-19,27-28,30,33-34,37H,1-5,9-12,20-22H2,(H2,32,35);1-2H3/b18-17+;. The first-order valence-corrected chi connectivity index (χ1v) is 15.1. The van der Waals surface area contributed by atoms with Gasteiger partial charge in [-0.2, -0.15) is 0 Å². The highest BCUT2D eigenvalue weighted by atomic mass is 16.5. The Labute approximate surface area is 240 Å². The molecule has 5 N–H and O–H groups in total. The SMILES string of the molecule is CC.NC(/C=C/c1cccc(CNCc2ccc(CNC(C(=O)OC3CCCC3)C3CCCCC3)cc2)c1)=N\O. The normalized spacial score (nSPS) is 17.4. The average Bonchev–Trinajstić information content (AvgIpc) is 3.51. The van der Waals surface area contributed by atoms with Gasteiger partial charge in [-0.15, -0.1) is 0 Å². The lowest BCUT2D eigenvalue weighted by Gasteiger charge is -2.30. The second kappa shape index (κ2) is 17.5. The third-order valence-electron chi connectivity index (χ3n) is 7.68. The molecule has 0 saturated heterocycles. The Hall–Kier alpha value is -3.16. The molecule has 2 saturated carbocycles. The molecule has 0 aliphatic heterocycles. The van der Waals surface area contributed by atoms with Crippen LogP contribution in [0.1, 0.15) is 93.9 Å². The molecule has 0 bridgehead atoms. The van der Waals surface area contributed by atoms with E-state index in [2.05, 4.69) is 52.2 Å². The quantitative estimate of drug-likeness (QED) is 0.0816. The number of benzene rings is 2. The van der Waals surface area contributed by atoms with E-state index >= 15 is 0 Å². The molecule has 2 aliphatic carbocycles. The van der Waals surface area contributed by atoms with E-state index in [0.29, 0.717) is 12.5 Å². The van der Waals surface area contributed by atoms with Gasteiger partial charge in [-0.3, -0.25) is 4.79 Å². The van der Waals surface area contributed by atoms with Crippen LogP contribution in [-0.2, 0) is 29.2 Å². The predicted molar refractivity (Wildman–Crippen MR) is 163 cm³/mol. The summed E-state index contributed by atoms with van der Waals surface area (Å²) >= 11 is 0. The van der Waals surface area contributed by atoms with Gasteiger partial charge in [-0.1, -0.05) is 92.9 Å². The molecule has 0 amide bonds. The van der Waals surface area contributed by atoms with Crippen LogP contribution in [0.5, 0.6) is 0 Å². The van der Waals surface area contributed by atoms with Gasteiger partial charge < -0.3 is 26.3 Å². The molecule has 7 nitrogen and oxygen atoms in total. The molecule has 2 fully saturated rings. The Bertz CT molecular complexity index is 1070. The molecule has 2 aliphatic rings. The van der Waals surface area contributed by atoms with E-state index < -0.39 is 0 Å². The monoisotopic (exact) mass is 548 g/mol. The van der Waals surface area contributed by atoms with E-state index in [1.54, 1.807) is 6.08 Å². The number of carbonyl (C=O) groups is 1. The topological polar surface area (TPSA) is 109 Å². The van der Waals surface area contributed by atoms with Crippen molar-refractivity contribution in [2.75, 3.05) is 0 Å². The first kappa shape index (κ1) is 31.4. The number of amidine groups is 1. The lowest BCUT2D eigenvalue weighted by molar-refractivity contribution is -0.153. The van der Waals surface area contributed by atoms with Gasteiger partial charge in [-0.25, -0.2) is 0 Å². The van der Waals surface area contributed by atoms with E-state index in [4.69, 9.17) is 15.7 Å². The zero-order valence-electron chi connectivity index (χ0n) is 24.3. The fourth-order valence-corrected chi connectivity index (χ4v) is 5.53. The van der Waals surface area contributed by atoms with Gasteiger partial charge >= 0.3 is 5.97 Å². The van der Waals surface area contributed by atoms with Gasteiger partial charge in [0.25, 0.3) is 0 Å². The van der Waals surface area contributed by atoms with E-state index in [1.807, 2.05) is 32.1 Å². The smallest absolute Gasteiger partial charge is 0.323 e. The molecule has 0 aromatic heterocycles. The minimum atomic E-state index is -0.213. The molecule has 218 valence electrons. The Morgan fingerprint density at radius 2 is 1.57 bits per heavy atom. The third kappa shape index (κ3) is 10.4. The van der Waals surface area contributed by atoms with Crippen molar-refractivity contribution in [3.05, 3.63) is 76.9 Å². The molecular formula is C33H48N4O3. The van der Waals surface area contributed by atoms with Crippen LogP contribution in [0, 0.1) is 5.92 Å². The molecular weight excluding hydrogens is 500 g/mol. The molecule has 7 heteroatoms. The van der Waals surface area contributed by atoms with Crippen molar-refractivity contribution in [1.82, 2.24) is 10.6 Å². The van der Waals surface area contributed by atoms with Gasteiger partial charge in [0.2, 0.25) is 0 Å². The molecule has 40 heavy (non-hydrogen) atoms. The predicted octanol–water partition coefficient (Wildman–Crippen LogP) is 6.29. The third-order valence-corrected chi connectivity index (χ3v) is 7.68. The summed E-state index contributed by atoms with van der Waals surface area (Å²) in [4.78, 5) is 13.1. The number of nitrogens with one attached hydrogen (secondary N) is 2. The first-order chi connectivity index (χ1) is 19.6. The molecule has 4 rings (SSSR count). The maximum absolute atomic E-state index is 13.1. The number of rotatable bonds is 12. The van der Waals surface area contributed by atoms with Gasteiger partial charge in [0.1, 0.15) is 12.1 Å². The summed E-state index contributed by atoms with van der Waals surface area (Å²) in [7, 11) is 0. The fraction of sp³-hybridized carbons (Fsp3) is 0.515. The highest BCUT2D eigenvalue weighted by Crippen LogP contribution is 2.29. The van der Waals surface area contributed by atoms with Crippen molar-refractivity contribution in [1.29, 1.82) is 0 Å². The number of hydrogen-bond donors (Lipinski definition) is 4. The van der Waals surface area contributed by atoms with Crippen molar-refractivity contribution in [3.63, 3.8) is 0 Å². The number of carbonyl (C=O) groups excluding carboxylic acids is 1. The lowest BCUT2D eigenvalue weighted by Crippen LogP contribution is -2.45. The second-order valence-electron chi connectivity index (χ2n) is 10.6. The van der Waals surface area contributed by atoms with Crippen LogP contribution in [0.3, 0.4) is 0 Å². The largest absolute Gasteiger partial charge is 0.461 e. The number of nitrogens with two attached hydrogens (primary N) is 1. The highest BCUT2D eigenvalue weighted by Gasteiger charge is 2.32. The fourth-order valence-electron chi connectivity index (χ4n) is 5.53. The van der Waals surface area contributed by atoms with Crippen molar-refractivity contribution in [2.24, 2.45) is 16.8 Å². The van der Waals surface area contributed by atoms with E-state index in [9.17, 15) is 4.79 Å².